The second-order valence-corrected chi connectivity index (χ2v) is 4.01. The molecule has 1 saturated heterocycles. The summed E-state index contributed by atoms with van der Waals surface area (Å²) in [6.07, 6.45) is -3.15. The van der Waals surface area contributed by atoms with Crippen LogP contribution >= 0.6 is 0 Å². The number of ether oxygens (including phenoxy) is 2. The molecule has 0 radical (unpaired) electrons. The van der Waals surface area contributed by atoms with Gasteiger partial charge in [0.15, 0.2) is 18.2 Å². The Morgan fingerprint density at radius 3 is 3.00 bits per heavy atom. The second kappa shape index (κ2) is 4.65. The topological polar surface area (TPSA) is 130 Å². The van der Waals surface area contributed by atoms with E-state index in [0.717, 1.165) is 0 Å². The standard InChI is InChI=1S/C10H10N4O5/c15-2-5-7(6(16)9(17)18-5)19-10-11-1-4-8(14-10)13-3-12-4/h1,5-7,9,15-17H,2H2/t5-,6-,7-,9-/m1/s1. The second-order valence-electron chi connectivity index (χ2n) is 4.01. The molecular weight excluding hydrogens is 256 g/mol. The molecule has 3 heterocycles. The zero-order valence-electron chi connectivity index (χ0n) is 9.54. The van der Waals surface area contributed by atoms with Crippen molar-refractivity contribution in [3.63, 3.8) is 0 Å². The number of aliphatic hydroxyl groups is 3. The quantitative estimate of drug-likeness (QED) is 0.632. The monoisotopic (exact) mass is 266 g/mol. The van der Waals surface area contributed by atoms with Crippen LogP contribution in [-0.2, 0) is 4.74 Å². The van der Waals surface area contributed by atoms with Crippen LogP contribution in [0.4, 0.5) is 11.5 Å². The molecule has 1 aromatic rings. The Morgan fingerprint density at radius 2 is 2.21 bits per heavy atom. The molecule has 2 aliphatic heterocycles. The van der Waals surface area contributed by atoms with Crippen molar-refractivity contribution in [1.82, 2.24) is 9.97 Å². The lowest BCUT2D eigenvalue weighted by Crippen LogP contribution is -2.39. The molecule has 9 nitrogen and oxygen atoms in total. The van der Waals surface area contributed by atoms with Crippen molar-refractivity contribution in [2.45, 2.75) is 24.6 Å². The molecular formula is C10H10N4O5. The summed E-state index contributed by atoms with van der Waals surface area (Å²) in [5, 5.41) is 28.1. The highest BCUT2D eigenvalue weighted by molar-refractivity contribution is 5.71. The van der Waals surface area contributed by atoms with E-state index in [-0.39, 0.29) is 6.01 Å². The molecule has 100 valence electrons. The van der Waals surface area contributed by atoms with Crippen LogP contribution in [-0.4, -0.2) is 62.5 Å². The van der Waals surface area contributed by atoms with Crippen molar-refractivity contribution in [3.05, 3.63) is 6.20 Å². The molecule has 3 N–H and O–H groups in total. The molecule has 0 amide bonds. The van der Waals surface area contributed by atoms with Crippen molar-refractivity contribution < 1.29 is 24.8 Å². The highest BCUT2D eigenvalue weighted by Crippen LogP contribution is 2.30. The number of fused-ring (bicyclic) bond motifs is 1. The number of rotatable bonds is 3. The molecule has 0 bridgehead atoms. The van der Waals surface area contributed by atoms with Gasteiger partial charge in [0.25, 0.3) is 0 Å². The summed E-state index contributed by atoms with van der Waals surface area (Å²) in [5.74, 6) is 0.305. The Bertz CT molecular complexity index is 559. The zero-order valence-corrected chi connectivity index (χ0v) is 9.54. The Kier molecular flexibility index (Phi) is 2.97. The largest absolute Gasteiger partial charge is 0.454 e. The summed E-state index contributed by atoms with van der Waals surface area (Å²) in [4.78, 5) is 15.4. The fourth-order valence-corrected chi connectivity index (χ4v) is 1.83. The van der Waals surface area contributed by atoms with E-state index in [4.69, 9.17) is 14.6 Å². The normalized spacial score (nSPS) is 31.7. The third kappa shape index (κ3) is 2.09. The molecule has 9 heteroatoms. The minimum atomic E-state index is -1.42. The van der Waals surface area contributed by atoms with Gasteiger partial charge in [-0.25, -0.2) is 4.98 Å². The van der Waals surface area contributed by atoms with Crippen LogP contribution < -0.4 is 4.74 Å². The van der Waals surface area contributed by atoms with Gasteiger partial charge in [0.1, 0.15) is 23.9 Å². The van der Waals surface area contributed by atoms with Crippen molar-refractivity contribution in [3.8, 4) is 6.01 Å². The molecule has 0 aromatic carbocycles. The maximum atomic E-state index is 9.69. The number of aliphatic hydroxyl groups excluding tert-OH is 3. The van der Waals surface area contributed by atoms with E-state index in [1.807, 2.05) is 0 Å². The summed E-state index contributed by atoms with van der Waals surface area (Å²) in [5.41, 5.74) is 0.467. The van der Waals surface area contributed by atoms with Gasteiger partial charge in [-0.3, -0.25) is 0 Å². The summed E-state index contributed by atoms with van der Waals surface area (Å²) in [6.45, 7) is -0.412. The van der Waals surface area contributed by atoms with Crippen LogP contribution in [0.2, 0.25) is 0 Å². The fourth-order valence-electron chi connectivity index (χ4n) is 1.83. The van der Waals surface area contributed by atoms with Crippen molar-refractivity contribution in [2.75, 3.05) is 6.61 Å². The first-order valence-corrected chi connectivity index (χ1v) is 5.51. The predicted octanol–water partition coefficient (Wildman–Crippen LogP) is -1.26. The average Bonchev–Trinajstić information content (AvgIpc) is 2.98. The maximum absolute atomic E-state index is 9.69. The highest BCUT2D eigenvalue weighted by Gasteiger charge is 2.44. The summed E-state index contributed by atoms with van der Waals surface area (Å²) in [7, 11) is 0. The van der Waals surface area contributed by atoms with Crippen molar-refractivity contribution >= 4 is 17.5 Å². The fraction of sp³-hybridized carbons (Fsp3) is 0.500. The lowest BCUT2D eigenvalue weighted by atomic mass is 10.1. The van der Waals surface area contributed by atoms with Gasteiger partial charge in [-0.2, -0.15) is 15.0 Å². The van der Waals surface area contributed by atoms with Gasteiger partial charge in [0.2, 0.25) is 0 Å². The number of nitrogens with zero attached hydrogens (tertiary/aromatic N) is 4. The van der Waals surface area contributed by atoms with Crippen LogP contribution in [0.5, 0.6) is 6.01 Å². The average molecular weight is 266 g/mol. The van der Waals surface area contributed by atoms with Crippen LogP contribution in [0.1, 0.15) is 0 Å². The van der Waals surface area contributed by atoms with Gasteiger partial charge in [0.05, 0.1) is 12.8 Å². The van der Waals surface area contributed by atoms with Gasteiger partial charge in [0, 0.05) is 0 Å². The number of aliphatic imine (C=N–C) groups is 2. The van der Waals surface area contributed by atoms with E-state index in [0.29, 0.717) is 11.5 Å². The molecule has 0 unspecified atom stereocenters. The highest BCUT2D eigenvalue weighted by atomic mass is 16.7. The predicted molar refractivity (Wildman–Crippen MR) is 59.6 cm³/mol. The summed E-state index contributed by atoms with van der Waals surface area (Å²) in [6, 6.07) is 2.33. The van der Waals surface area contributed by atoms with E-state index >= 15 is 0 Å². The lowest BCUT2D eigenvalue weighted by Gasteiger charge is -2.18. The first-order chi connectivity index (χ1) is 9.19. The Morgan fingerprint density at radius 1 is 1.37 bits per heavy atom. The SMILES string of the molecule is OC[C@H]1O[C@@H](O)[C@H](O)[C@@H]1Oc1ncc2c(n1)N=C=N2. The molecule has 2 aliphatic rings. The molecule has 0 saturated carbocycles. The zero-order chi connectivity index (χ0) is 13.4. The van der Waals surface area contributed by atoms with Crippen molar-refractivity contribution in [1.29, 1.82) is 0 Å². The first-order valence-electron chi connectivity index (χ1n) is 5.51. The van der Waals surface area contributed by atoms with Crippen LogP contribution in [0.3, 0.4) is 0 Å². The maximum Gasteiger partial charge on any atom is 0.319 e. The Labute approximate surface area is 106 Å². The van der Waals surface area contributed by atoms with E-state index in [1.165, 1.54) is 6.20 Å². The van der Waals surface area contributed by atoms with Gasteiger partial charge in [-0.15, -0.1) is 0 Å². The van der Waals surface area contributed by atoms with Gasteiger partial charge in [-0.05, 0) is 0 Å². The third-order valence-corrected chi connectivity index (χ3v) is 2.79. The van der Waals surface area contributed by atoms with E-state index in [1.54, 1.807) is 0 Å². The smallest absolute Gasteiger partial charge is 0.319 e. The van der Waals surface area contributed by atoms with Crippen LogP contribution in [0, 0.1) is 0 Å². The molecule has 0 spiro atoms. The number of aromatic nitrogens is 2. The third-order valence-electron chi connectivity index (χ3n) is 2.79. The van der Waals surface area contributed by atoms with E-state index in [9.17, 15) is 10.2 Å². The van der Waals surface area contributed by atoms with Crippen LogP contribution in [0.25, 0.3) is 0 Å². The first kappa shape index (κ1) is 12.2. The summed E-state index contributed by atoms with van der Waals surface area (Å²) < 4.78 is 10.3. The molecule has 19 heavy (non-hydrogen) atoms. The minimum Gasteiger partial charge on any atom is -0.454 e. The molecule has 1 aromatic heterocycles. The Hall–Kier alpha value is -1.90. The summed E-state index contributed by atoms with van der Waals surface area (Å²) >= 11 is 0. The van der Waals surface area contributed by atoms with Gasteiger partial charge < -0.3 is 24.8 Å². The molecule has 1 fully saturated rings. The van der Waals surface area contributed by atoms with Crippen LogP contribution in [0.15, 0.2) is 16.2 Å². The number of hydrogen-bond acceptors (Lipinski definition) is 9. The molecule has 4 atom stereocenters. The van der Waals surface area contributed by atoms with E-state index in [2.05, 4.69) is 26.0 Å². The number of hydrogen-bond donors (Lipinski definition) is 3. The van der Waals surface area contributed by atoms with Crippen molar-refractivity contribution in [2.24, 2.45) is 9.98 Å². The Balaban J connectivity index is 1.79. The van der Waals surface area contributed by atoms with Gasteiger partial charge >= 0.3 is 6.01 Å². The molecule has 3 rings (SSSR count). The van der Waals surface area contributed by atoms with E-state index < -0.39 is 31.2 Å². The molecule has 0 aliphatic carbocycles. The lowest BCUT2D eigenvalue weighted by molar-refractivity contribution is -0.132. The van der Waals surface area contributed by atoms with Gasteiger partial charge in [-0.1, -0.05) is 0 Å². The minimum absolute atomic E-state index is 0.0541.